The monoisotopic (exact) mass is 274 g/mol. The van der Waals surface area contributed by atoms with E-state index in [4.69, 9.17) is 0 Å². The van der Waals surface area contributed by atoms with Crippen LogP contribution in [-0.2, 0) is 7.05 Å². The van der Waals surface area contributed by atoms with Crippen molar-refractivity contribution < 1.29 is 9.90 Å². The van der Waals surface area contributed by atoms with E-state index in [1.165, 1.54) is 0 Å². The Hall–Kier alpha value is -2.24. The summed E-state index contributed by atoms with van der Waals surface area (Å²) >= 11 is 0. The number of nitrogens with zero attached hydrogens (tertiary/aromatic N) is 4. The summed E-state index contributed by atoms with van der Waals surface area (Å²) in [4.78, 5) is 17.8. The van der Waals surface area contributed by atoms with E-state index in [0.717, 1.165) is 31.9 Å². The highest BCUT2D eigenvalue weighted by molar-refractivity contribution is 5.85. The Morgan fingerprint density at radius 2 is 2.10 bits per heavy atom. The number of aromatic carboxylic acids is 1. The molecule has 0 bridgehead atoms. The lowest BCUT2D eigenvalue weighted by molar-refractivity contribution is 0.0681. The van der Waals surface area contributed by atoms with Crippen molar-refractivity contribution in [1.29, 1.82) is 0 Å². The number of aryl methyl sites for hydroxylation is 1. The van der Waals surface area contributed by atoms with Crippen LogP contribution in [0.1, 0.15) is 29.4 Å². The highest BCUT2D eigenvalue weighted by Gasteiger charge is 2.24. The fourth-order valence-corrected chi connectivity index (χ4v) is 2.90. The van der Waals surface area contributed by atoms with Crippen LogP contribution in [0.3, 0.4) is 0 Å². The normalized spacial score (nSPS) is 16.6. The zero-order chi connectivity index (χ0) is 14.1. The molecule has 20 heavy (non-hydrogen) atoms. The van der Waals surface area contributed by atoms with E-state index in [2.05, 4.69) is 9.88 Å². The fourth-order valence-electron chi connectivity index (χ4n) is 2.90. The van der Waals surface area contributed by atoms with Crippen LogP contribution in [-0.4, -0.2) is 38.3 Å². The molecule has 106 valence electrons. The smallest absolute Gasteiger partial charge is 0.352 e. The number of hydrogen-bond donors (Lipinski definition) is 1. The van der Waals surface area contributed by atoms with Crippen LogP contribution in [0.5, 0.6) is 0 Å². The molecule has 6 heteroatoms. The second kappa shape index (κ2) is 5.03. The summed E-state index contributed by atoms with van der Waals surface area (Å²) in [6.07, 6.45) is 7.47. The second-order valence-electron chi connectivity index (χ2n) is 5.16. The Balaban J connectivity index is 1.71. The standard InChI is InChI=1S/C14H18N4O2/c1-16-10-6-15-14(16)17-8-4-11(5-9-17)18-7-2-3-12(18)13(19)20/h2-3,6-7,10-11H,4-5,8-9H2,1H3,(H,19,20). The first-order chi connectivity index (χ1) is 9.66. The van der Waals surface area contributed by atoms with Crippen LogP contribution in [0, 0.1) is 0 Å². The van der Waals surface area contributed by atoms with Gasteiger partial charge in [-0.3, -0.25) is 0 Å². The Labute approximate surface area is 117 Å². The first-order valence-corrected chi connectivity index (χ1v) is 6.79. The summed E-state index contributed by atoms with van der Waals surface area (Å²) in [5.41, 5.74) is 0.375. The number of carbonyl (C=O) groups is 1. The lowest BCUT2D eigenvalue weighted by Crippen LogP contribution is -2.36. The topological polar surface area (TPSA) is 63.3 Å². The van der Waals surface area contributed by atoms with E-state index in [0.29, 0.717) is 5.69 Å². The number of imidazole rings is 1. The summed E-state index contributed by atoms with van der Waals surface area (Å²) in [6.45, 7) is 1.79. The summed E-state index contributed by atoms with van der Waals surface area (Å²) in [5, 5.41) is 9.18. The Kier molecular flexibility index (Phi) is 3.22. The highest BCUT2D eigenvalue weighted by atomic mass is 16.4. The third kappa shape index (κ3) is 2.17. The van der Waals surface area contributed by atoms with Gasteiger partial charge in [0, 0.05) is 44.8 Å². The van der Waals surface area contributed by atoms with E-state index in [1.54, 1.807) is 18.3 Å². The fraction of sp³-hybridized carbons (Fsp3) is 0.429. The maximum atomic E-state index is 11.2. The van der Waals surface area contributed by atoms with Gasteiger partial charge in [0.25, 0.3) is 0 Å². The Bertz CT molecular complexity index is 608. The predicted octanol–water partition coefficient (Wildman–Crippen LogP) is 1.76. The van der Waals surface area contributed by atoms with Crippen molar-refractivity contribution in [2.24, 2.45) is 7.05 Å². The van der Waals surface area contributed by atoms with Gasteiger partial charge in [0.2, 0.25) is 5.95 Å². The molecule has 0 amide bonds. The average Bonchev–Trinajstić information content (AvgIpc) is 3.07. The minimum absolute atomic E-state index is 0.257. The molecular weight excluding hydrogens is 256 g/mol. The first kappa shape index (κ1) is 12.8. The number of hydrogen-bond acceptors (Lipinski definition) is 3. The first-order valence-electron chi connectivity index (χ1n) is 6.79. The molecule has 0 atom stereocenters. The second-order valence-corrected chi connectivity index (χ2v) is 5.16. The maximum Gasteiger partial charge on any atom is 0.352 e. The van der Waals surface area contributed by atoms with Gasteiger partial charge in [-0.15, -0.1) is 0 Å². The van der Waals surface area contributed by atoms with Crippen LogP contribution in [0.2, 0.25) is 0 Å². The third-order valence-electron chi connectivity index (χ3n) is 3.93. The molecule has 1 aliphatic rings. The van der Waals surface area contributed by atoms with Gasteiger partial charge in [-0.25, -0.2) is 9.78 Å². The van der Waals surface area contributed by atoms with Gasteiger partial charge < -0.3 is 19.1 Å². The van der Waals surface area contributed by atoms with Crippen LogP contribution in [0.15, 0.2) is 30.7 Å². The van der Waals surface area contributed by atoms with E-state index in [1.807, 2.05) is 28.6 Å². The number of carboxylic acids is 1. The van der Waals surface area contributed by atoms with E-state index < -0.39 is 5.97 Å². The van der Waals surface area contributed by atoms with Gasteiger partial charge in [0.15, 0.2) is 0 Å². The van der Waals surface area contributed by atoms with Crippen LogP contribution in [0.4, 0.5) is 5.95 Å². The number of carboxylic acid groups (broad SMARTS) is 1. The summed E-state index contributed by atoms with van der Waals surface area (Å²) in [7, 11) is 1.99. The van der Waals surface area contributed by atoms with Crippen molar-refractivity contribution in [2.75, 3.05) is 18.0 Å². The molecule has 1 fully saturated rings. The molecule has 6 nitrogen and oxygen atoms in total. The quantitative estimate of drug-likeness (QED) is 0.926. The summed E-state index contributed by atoms with van der Waals surface area (Å²) in [6, 6.07) is 3.72. The lowest BCUT2D eigenvalue weighted by Gasteiger charge is -2.33. The molecule has 2 aromatic rings. The highest BCUT2D eigenvalue weighted by Crippen LogP contribution is 2.26. The molecule has 1 saturated heterocycles. The molecule has 1 aliphatic heterocycles. The van der Waals surface area contributed by atoms with Crippen molar-refractivity contribution in [3.8, 4) is 0 Å². The largest absolute Gasteiger partial charge is 0.477 e. The summed E-state index contributed by atoms with van der Waals surface area (Å²) in [5.74, 6) is 0.121. The minimum atomic E-state index is -0.860. The molecule has 0 radical (unpaired) electrons. The van der Waals surface area contributed by atoms with Gasteiger partial charge in [-0.2, -0.15) is 0 Å². The zero-order valence-electron chi connectivity index (χ0n) is 11.4. The predicted molar refractivity (Wildman–Crippen MR) is 75.1 cm³/mol. The van der Waals surface area contributed by atoms with Crippen molar-refractivity contribution >= 4 is 11.9 Å². The average molecular weight is 274 g/mol. The third-order valence-corrected chi connectivity index (χ3v) is 3.93. The maximum absolute atomic E-state index is 11.2. The molecule has 0 saturated carbocycles. The van der Waals surface area contributed by atoms with Crippen molar-refractivity contribution in [3.05, 3.63) is 36.4 Å². The van der Waals surface area contributed by atoms with Gasteiger partial charge in [-0.05, 0) is 25.0 Å². The van der Waals surface area contributed by atoms with Crippen molar-refractivity contribution in [3.63, 3.8) is 0 Å². The molecule has 0 aliphatic carbocycles. The van der Waals surface area contributed by atoms with Crippen LogP contribution < -0.4 is 4.90 Å². The van der Waals surface area contributed by atoms with Gasteiger partial charge in [-0.1, -0.05) is 0 Å². The van der Waals surface area contributed by atoms with Gasteiger partial charge in [0.1, 0.15) is 5.69 Å². The van der Waals surface area contributed by atoms with E-state index >= 15 is 0 Å². The number of rotatable bonds is 3. The van der Waals surface area contributed by atoms with Crippen LogP contribution >= 0.6 is 0 Å². The zero-order valence-corrected chi connectivity index (χ0v) is 11.4. The summed E-state index contributed by atoms with van der Waals surface area (Å²) < 4.78 is 3.90. The number of piperidine rings is 1. The van der Waals surface area contributed by atoms with E-state index in [-0.39, 0.29) is 6.04 Å². The van der Waals surface area contributed by atoms with Gasteiger partial charge >= 0.3 is 5.97 Å². The lowest BCUT2D eigenvalue weighted by atomic mass is 10.0. The molecule has 2 aromatic heterocycles. The minimum Gasteiger partial charge on any atom is -0.477 e. The molecule has 1 N–H and O–H groups in total. The molecule has 0 aromatic carbocycles. The SMILES string of the molecule is Cn1ccnc1N1CCC(n2cccc2C(=O)O)CC1. The van der Waals surface area contributed by atoms with E-state index in [9.17, 15) is 9.90 Å². The molecule has 0 unspecified atom stereocenters. The van der Waals surface area contributed by atoms with Gasteiger partial charge in [0.05, 0.1) is 0 Å². The Morgan fingerprint density at radius 3 is 2.70 bits per heavy atom. The molecule has 0 spiro atoms. The molecule has 3 rings (SSSR count). The number of anilines is 1. The number of aromatic nitrogens is 3. The Morgan fingerprint density at radius 1 is 1.35 bits per heavy atom. The molecule has 3 heterocycles. The van der Waals surface area contributed by atoms with Crippen molar-refractivity contribution in [1.82, 2.24) is 14.1 Å². The van der Waals surface area contributed by atoms with Crippen LogP contribution in [0.25, 0.3) is 0 Å². The van der Waals surface area contributed by atoms with Crippen molar-refractivity contribution in [2.45, 2.75) is 18.9 Å². The molecular formula is C14H18N4O2.